The van der Waals surface area contributed by atoms with Crippen LogP contribution in [0.15, 0.2) is 41.5 Å². The maximum atomic E-state index is 16.6. The van der Waals surface area contributed by atoms with Gasteiger partial charge in [0.25, 0.3) is 0 Å². The molecule has 1 aliphatic heterocycles. The molecule has 1 aromatic rings. The molecule has 1 N–H and O–H groups in total. The molecule has 57 heavy (non-hydrogen) atoms. The molecule has 1 aromatic carbocycles. The largest absolute Gasteiger partial charge is 0.455 e. The van der Waals surface area contributed by atoms with Crippen molar-refractivity contribution in [2.75, 3.05) is 6.61 Å². The molecule has 1 saturated heterocycles. The van der Waals surface area contributed by atoms with Crippen molar-refractivity contribution in [2.45, 2.75) is 187 Å². The summed E-state index contributed by atoms with van der Waals surface area (Å²) in [5.41, 5.74) is -4.05. The average Bonchev–Trinajstić information content (AvgIpc) is 3.16. The molecule has 3 aliphatic carbocycles. The van der Waals surface area contributed by atoms with Crippen LogP contribution in [0.1, 0.15) is 99.4 Å². The van der Waals surface area contributed by atoms with Gasteiger partial charge in [-0.15, -0.1) is 0 Å². The van der Waals surface area contributed by atoms with Gasteiger partial charge >= 0.3 is 11.9 Å². The Kier molecular flexibility index (Phi) is 13.3. The lowest BCUT2D eigenvalue weighted by atomic mass is 9.44. The molecule has 2 saturated carbocycles. The lowest BCUT2D eigenvalue weighted by Crippen LogP contribution is -2.82. The van der Waals surface area contributed by atoms with E-state index in [1.807, 2.05) is 33.8 Å². The molecular formula is C44H72O10Si3. The van der Waals surface area contributed by atoms with Crippen LogP contribution in [0.5, 0.6) is 0 Å². The Morgan fingerprint density at radius 3 is 1.88 bits per heavy atom. The number of esters is 2. The van der Waals surface area contributed by atoms with Crippen LogP contribution in [-0.2, 0) is 37.1 Å². The first-order valence-corrected chi connectivity index (χ1v) is 30.1. The minimum absolute atomic E-state index is 0.0229. The number of aliphatic hydroxyl groups is 1. The average molecular weight is 845 g/mol. The summed E-state index contributed by atoms with van der Waals surface area (Å²) in [6.45, 7) is 28.4. The van der Waals surface area contributed by atoms with E-state index in [1.54, 1.807) is 24.3 Å². The molecule has 0 amide bonds. The van der Waals surface area contributed by atoms with Gasteiger partial charge in [0.1, 0.15) is 23.9 Å². The van der Waals surface area contributed by atoms with Crippen LogP contribution in [0.2, 0.25) is 55.9 Å². The highest BCUT2D eigenvalue weighted by atomic mass is 28.4. The lowest BCUT2D eigenvalue weighted by Gasteiger charge is -2.68. The molecule has 4 aliphatic rings. The first-order chi connectivity index (χ1) is 26.5. The summed E-state index contributed by atoms with van der Waals surface area (Å²) in [5.74, 6) is -2.45. The van der Waals surface area contributed by atoms with Gasteiger partial charge in [0, 0.05) is 25.2 Å². The number of hydrogen-bond donors (Lipinski definition) is 1. The molecule has 1 heterocycles. The van der Waals surface area contributed by atoms with Crippen LogP contribution in [0, 0.1) is 16.7 Å². The number of rotatable bonds is 15. The van der Waals surface area contributed by atoms with Gasteiger partial charge in [-0.2, -0.15) is 0 Å². The van der Waals surface area contributed by atoms with E-state index in [0.29, 0.717) is 17.6 Å². The van der Waals surface area contributed by atoms with Crippen molar-refractivity contribution in [3.8, 4) is 0 Å². The van der Waals surface area contributed by atoms with E-state index in [-0.39, 0.29) is 18.8 Å². The second kappa shape index (κ2) is 16.5. The number of carbonyl (C=O) groups excluding carboxylic acids is 3. The smallest absolute Gasteiger partial charge is 0.338 e. The topological polar surface area (TPSA) is 127 Å². The van der Waals surface area contributed by atoms with Crippen molar-refractivity contribution >= 4 is 42.7 Å². The summed E-state index contributed by atoms with van der Waals surface area (Å²) in [6.07, 6.45) is -4.00. The summed E-state index contributed by atoms with van der Waals surface area (Å²) in [4.78, 5) is 44.6. The number of carbonyl (C=O) groups is 3. The third-order valence-corrected chi connectivity index (χ3v) is 25.2. The van der Waals surface area contributed by atoms with Crippen LogP contribution >= 0.6 is 0 Å². The van der Waals surface area contributed by atoms with Crippen molar-refractivity contribution in [1.29, 1.82) is 0 Å². The molecule has 10 nitrogen and oxygen atoms in total. The predicted octanol–water partition coefficient (Wildman–Crippen LogP) is 9.00. The van der Waals surface area contributed by atoms with Gasteiger partial charge in [-0.1, -0.05) is 73.6 Å². The molecule has 5 rings (SSSR count). The maximum Gasteiger partial charge on any atom is 0.338 e. The van der Waals surface area contributed by atoms with Gasteiger partial charge in [-0.3, -0.25) is 9.59 Å². The van der Waals surface area contributed by atoms with Gasteiger partial charge in [-0.25, -0.2) is 4.79 Å². The third kappa shape index (κ3) is 7.67. The minimum Gasteiger partial charge on any atom is -0.455 e. The molecule has 0 spiro atoms. The van der Waals surface area contributed by atoms with Crippen molar-refractivity contribution in [3.63, 3.8) is 0 Å². The van der Waals surface area contributed by atoms with E-state index < -0.39 is 95.4 Å². The molecule has 13 heteroatoms. The highest BCUT2D eigenvalue weighted by Crippen LogP contribution is 2.65. The number of Topliss-reactive ketones (excluding diaryl/α,β-unsaturated/α-hetero) is 1. The first-order valence-electron chi connectivity index (χ1n) is 21.6. The normalized spacial score (nSPS) is 34.0. The fourth-order valence-corrected chi connectivity index (χ4v) is 17.8. The van der Waals surface area contributed by atoms with Crippen molar-refractivity contribution in [2.24, 2.45) is 16.7 Å². The van der Waals surface area contributed by atoms with Crippen LogP contribution in [0.25, 0.3) is 0 Å². The number of fused-ring (bicyclic) bond motifs is 5. The summed E-state index contributed by atoms with van der Waals surface area (Å²) in [6, 6.07) is 13.6. The quantitative estimate of drug-likeness (QED) is 0.104. The van der Waals surface area contributed by atoms with Gasteiger partial charge < -0.3 is 32.6 Å². The van der Waals surface area contributed by atoms with Crippen molar-refractivity contribution in [1.82, 2.24) is 0 Å². The second-order valence-corrected chi connectivity index (χ2v) is 33.0. The SMILES string of the molecule is CC[Si](CC)(CC)OC1C(=O)C2(C)C(O[Si](CC)(CC)CC)CC3OCC3(OC(C)=O)C2C(OC(=O)c2ccccc2)C2(O)CC(O[Si](C)(C)C)C(C)=C1C2(C)C. The number of hydrogen-bond acceptors (Lipinski definition) is 10. The zero-order valence-electron chi connectivity index (χ0n) is 37.3. The number of benzene rings is 1. The third-order valence-electron chi connectivity index (χ3n) is 15.0. The fourth-order valence-electron chi connectivity index (χ4n) is 11.0. The molecule has 3 fully saturated rings. The first kappa shape index (κ1) is 46.1. The minimum atomic E-state index is -2.55. The van der Waals surface area contributed by atoms with Gasteiger partial charge in [0.15, 0.2) is 36.3 Å². The van der Waals surface area contributed by atoms with Crippen LogP contribution < -0.4 is 0 Å². The second-order valence-electron chi connectivity index (χ2n) is 19.1. The van der Waals surface area contributed by atoms with E-state index in [2.05, 4.69) is 61.2 Å². The molecule has 0 aromatic heterocycles. The van der Waals surface area contributed by atoms with E-state index in [1.165, 1.54) is 6.92 Å². The van der Waals surface area contributed by atoms with Crippen LogP contribution in [-0.4, -0.2) is 96.1 Å². The van der Waals surface area contributed by atoms with E-state index in [4.69, 9.17) is 27.5 Å². The molecule has 9 unspecified atom stereocenters. The molecule has 320 valence electrons. The zero-order chi connectivity index (χ0) is 42.6. The Labute approximate surface area is 345 Å². The monoisotopic (exact) mass is 844 g/mol. The summed E-state index contributed by atoms with van der Waals surface area (Å²) >= 11 is 0. The molecule has 0 radical (unpaired) electrons. The van der Waals surface area contributed by atoms with E-state index in [0.717, 1.165) is 41.8 Å². The predicted molar refractivity (Wildman–Crippen MR) is 230 cm³/mol. The number of ether oxygens (including phenoxy) is 3. The molecule has 2 bridgehead atoms. The van der Waals surface area contributed by atoms with Crippen molar-refractivity contribution < 1.29 is 47.0 Å². The Balaban J connectivity index is 1.95. The Morgan fingerprint density at radius 2 is 1.40 bits per heavy atom. The molecular weight excluding hydrogens is 773 g/mol. The summed E-state index contributed by atoms with van der Waals surface area (Å²) < 4.78 is 41.6. The summed E-state index contributed by atoms with van der Waals surface area (Å²) in [5, 5.41) is 14.1. The Bertz CT molecular complexity index is 1670. The Morgan fingerprint density at radius 1 is 0.860 bits per heavy atom. The van der Waals surface area contributed by atoms with Crippen LogP contribution in [0.3, 0.4) is 0 Å². The Hall–Kier alpha value is -1.98. The lowest BCUT2D eigenvalue weighted by molar-refractivity contribution is -0.344. The zero-order valence-corrected chi connectivity index (χ0v) is 40.3. The molecule has 9 atom stereocenters. The fraction of sp³-hybridized carbons (Fsp3) is 0.750. The van der Waals surface area contributed by atoms with Crippen molar-refractivity contribution in [3.05, 3.63) is 47.0 Å². The highest BCUT2D eigenvalue weighted by molar-refractivity contribution is 6.74. The highest BCUT2D eigenvalue weighted by Gasteiger charge is 2.78. The van der Waals surface area contributed by atoms with E-state index >= 15 is 4.79 Å². The summed E-state index contributed by atoms with van der Waals surface area (Å²) in [7, 11) is -7.27. The standard InChI is InChI=1S/C44H72O10Si3/c1-15-56(16-2,17-3)53-33-26-34-43(28-49-34,51-30(8)45)37-39(50-40(47)31-24-22-21-23-25-31)44(48)27-32(52-55(12,13)14)29(7)35(41(44,9)10)36(38(46)42(33,37)11)54-57(18-4,19-5)20-6/h21-25,32-34,36-37,39,48H,15-20,26-28H2,1-14H3. The van der Waals surface area contributed by atoms with Crippen LogP contribution in [0.4, 0.5) is 0 Å². The van der Waals surface area contributed by atoms with Gasteiger partial charge in [0.2, 0.25) is 0 Å². The van der Waals surface area contributed by atoms with Gasteiger partial charge in [-0.05, 0) is 93.0 Å². The van der Waals surface area contributed by atoms with E-state index in [9.17, 15) is 14.7 Å². The van der Waals surface area contributed by atoms with Gasteiger partial charge in [0.05, 0.1) is 35.7 Å². The number of ketones is 1. The maximum absolute atomic E-state index is 16.6.